The van der Waals surface area contributed by atoms with Gasteiger partial charge in [-0.15, -0.1) is 0 Å². The molecule has 1 aromatic heterocycles. The maximum Gasteiger partial charge on any atom is 0.272 e. The Labute approximate surface area is 112 Å². The molecule has 5 heteroatoms. The van der Waals surface area contributed by atoms with Gasteiger partial charge in [-0.3, -0.25) is 4.79 Å². The van der Waals surface area contributed by atoms with E-state index < -0.39 is 0 Å². The van der Waals surface area contributed by atoms with Crippen LogP contribution in [0.4, 0.5) is 5.69 Å². The number of anilines is 1. The summed E-state index contributed by atoms with van der Waals surface area (Å²) in [5.41, 5.74) is 2.15. The number of hydrogen-bond acceptors (Lipinski definition) is 1. The molecule has 0 bridgehead atoms. The lowest BCUT2D eigenvalue weighted by molar-refractivity contribution is 0.102. The van der Waals surface area contributed by atoms with E-state index in [9.17, 15) is 4.79 Å². The molecule has 0 spiro atoms. The molecule has 17 heavy (non-hydrogen) atoms. The molecule has 0 radical (unpaired) electrons. The molecule has 1 aromatic carbocycles. The van der Waals surface area contributed by atoms with E-state index >= 15 is 0 Å². The lowest BCUT2D eigenvalue weighted by Crippen LogP contribution is -2.12. The summed E-state index contributed by atoms with van der Waals surface area (Å²) in [6.45, 7) is 1.91. The standard InChI is InChI=1S/C12H10BrClN2O/c1-7-2-3-9(5-10(7)14)16-12(17)11-4-8(13)6-15-11/h2-6,15H,1H3,(H,16,17). The van der Waals surface area contributed by atoms with Crippen LogP contribution < -0.4 is 5.32 Å². The van der Waals surface area contributed by atoms with E-state index in [-0.39, 0.29) is 5.91 Å². The molecule has 2 N–H and O–H groups in total. The number of aromatic nitrogens is 1. The highest BCUT2D eigenvalue weighted by molar-refractivity contribution is 9.10. The van der Waals surface area contributed by atoms with Gasteiger partial charge in [0.25, 0.3) is 5.91 Å². The monoisotopic (exact) mass is 312 g/mol. The Balaban J connectivity index is 2.15. The minimum absolute atomic E-state index is 0.199. The van der Waals surface area contributed by atoms with Gasteiger partial charge in [0, 0.05) is 21.4 Å². The van der Waals surface area contributed by atoms with Crippen molar-refractivity contribution in [3.8, 4) is 0 Å². The normalized spacial score (nSPS) is 10.3. The van der Waals surface area contributed by atoms with Crippen molar-refractivity contribution < 1.29 is 4.79 Å². The minimum Gasteiger partial charge on any atom is -0.356 e. The van der Waals surface area contributed by atoms with Crippen molar-refractivity contribution in [1.29, 1.82) is 0 Å². The van der Waals surface area contributed by atoms with Gasteiger partial charge in [-0.2, -0.15) is 0 Å². The summed E-state index contributed by atoms with van der Waals surface area (Å²) in [5, 5.41) is 3.40. The molecule has 3 nitrogen and oxygen atoms in total. The molecule has 0 fully saturated rings. The molecule has 0 saturated carbocycles. The number of nitrogens with one attached hydrogen (secondary N) is 2. The maximum atomic E-state index is 11.8. The maximum absolute atomic E-state index is 11.8. The molecular formula is C12H10BrClN2O. The number of H-pyrrole nitrogens is 1. The third-order valence-corrected chi connectivity index (χ3v) is 3.19. The van der Waals surface area contributed by atoms with Gasteiger partial charge in [-0.1, -0.05) is 17.7 Å². The largest absolute Gasteiger partial charge is 0.356 e. The SMILES string of the molecule is Cc1ccc(NC(=O)c2cc(Br)c[nH]2)cc1Cl. The van der Waals surface area contributed by atoms with E-state index in [0.717, 1.165) is 10.0 Å². The summed E-state index contributed by atoms with van der Waals surface area (Å²) in [6.07, 6.45) is 1.71. The molecule has 0 saturated heterocycles. The van der Waals surface area contributed by atoms with E-state index in [4.69, 9.17) is 11.6 Å². The Morgan fingerprint density at radius 3 is 2.76 bits per heavy atom. The Kier molecular flexibility index (Phi) is 3.54. The Hall–Kier alpha value is -1.26. The zero-order valence-electron chi connectivity index (χ0n) is 9.05. The first-order valence-electron chi connectivity index (χ1n) is 4.97. The third kappa shape index (κ3) is 2.90. The summed E-state index contributed by atoms with van der Waals surface area (Å²) < 4.78 is 0.838. The van der Waals surface area contributed by atoms with Crippen molar-refractivity contribution in [2.45, 2.75) is 6.92 Å². The summed E-state index contributed by atoms with van der Waals surface area (Å²) in [4.78, 5) is 14.7. The van der Waals surface area contributed by atoms with Crippen LogP contribution in [0, 0.1) is 6.92 Å². The van der Waals surface area contributed by atoms with E-state index in [1.807, 2.05) is 19.1 Å². The van der Waals surface area contributed by atoms with Crippen molar-refractivity contribution in [3.05, 3.63) is 51.2 Å². The number of carbonyl (C=O) groups is 1. The predicted molar refractivity (Wildman–Crippen MR) is 72.6 cm³/mol. The molecule has 2 aromatic rings. The summed E-state index contributed by atoms with van der Waals surface area (Å²) in [6, 6.07) is 7.12. The Morgan fingerprint density at radius 2 is 2.18 bits per heavy atom. The van der Waals surface area contributed by atoms with E-state index in [0.29, 0.717) is 16.4 Å². The summed E-state index contributed by atoms with van der Waals surface area (Å²) >= 11 is 9.26. The fourth-order valence-corrected chi connectivity index (χ4v) is 1.89. The second-order valence-electron chi connectivity index (χ2n) is 3.65. The molecule has 88 valence electrons. The van der Waals surface area contributed by atoms with Crippen molar-refractivity contribution >= 4 is 39.1 Å². The molecule has 0 atom stereocenters. The van der Waals surface area contributed by atoms with E-state index in [1.54, 1.807) is 18.3 Å². The number of carbonyl (C=O) groups excluding carboxylic acids is 1. The minimum atomic E-state index is -0.199. The number of amides is 1. The lowest BCUT2D eigenvalue weighted by Gasteiger charge is -2.05. The van der Waals surface area contributed by atoms with Gasteiger partial charge in [0.05, 0.1) is 0 Å². The number of rotatable bonds is 2. The second-order valence-corrected chi connectivity index (χ2v) is 4.97. The van der Waals surface area contributed by atoms with Crippen LogP contribution in [0.25, 0.3) is 0 Å². The first kappa shape index (κ1) is 12.2. The van der Waals surface area contributed by atoms with Gasteiger partial charge in [-0.05, 0) is 46.6 Å². The van der Waals surface area contributed by atoms with E-state index in [2.05, 4.69) is 26.2 Å². The van der Waals surface area contributed by atoms with Gasteiger partial charge in [-0.25, -0.2) is 0 Å². The summed E-state index contributed by atoms with van der Waals surface area (Å²) in [7, 11) is 0. The highest BCUT2D eigenvalue weighted by Gasteiger charge is 2.08. The number of aromatic amines is 1. The fraction of sp³-hybridized carbons (Fsp3) is 0.0833. The quantitative estimate of drug-likeness (QED) is 0.865. The van der Waals surface area contributed by atoms with Crippen LogP contribution in [0.1, 0.15) is 16.1 Å². The average molecular weight is 314 g/mol. The van der Waals surface area contributed by atoms with Gasteiger partial charge >= 0.3 is 0 Å². The van der Waals surface area contributed by atoms with Crippen LogP contribution in [0.2, 0.25) is 5.02 Å². The zero-order valence-corrected chi connectivity index (χ0v) is 11.4. The molecule has 1 amide bonds. The highest BCUT2D eigenvalue weighted by Crippen LogP contribution is 2.20. The number of halogens is 2. The fourth-order valence-electron chi connectivity index (χ4n) is 1.37. The van der Waals surface area contributed by atoms with Gasteiger partial charge in [0.1, 0.15) is 5.69 Å². The van der Waals surface area contributed by atoms with Crippen molar-refractivity contribution in [2.24, 2.45) is 0 Å². The van der Waals surface area contributed by atoms with Crippen molar-refractivity contribution in [3.63, 3.8) is 0 Å². The van der Waals surface area contributed by atoms with Gasteiger partial charge in [0.2, 0.25) is 0 Å². The first-order valence-corrected chi connectivity index (χ1v) is 6.15. The Morgan fingerprint density at radius 1 is 1.41 bits per heavy atom. The molecule has 2 rings (SSSR count). The molecule has 0 aliphatic carbocycles. The van der Waals surface area contributed by atoms with Gasteiger partial charge in [0.15, 0.2) is 0 Å². The number of benzene rings is 1. The second kappa shape index (κ2) is 4.94. The zero-order chi connectivity index (χ0) is 12.4. The lowest BCUT2D eigenvalue weighted by atomic mass is 10.2. The van der Waals surface area contributed by atoms with Crippen LogP contribution in [0.15, 0.2) is 34.9 Å². The van der Waals surface area contributed by atoms with Crippen LogP contribution in [-0.2, 0) is 0 Å². The molecular weight excluding hydrogens is 304 g/mol. The average Bonchev–Trinajstić information content (AvgIpc) is 2.70. The third-order valence-electron chi connectivity index (χ3n) is 2.32. The predicted octanol–water partition coefficient (Wildman–Crippen LogP) is 3.99. The van der Waals surface area contributed by atoms with Crippen LogP contribution in [0.3, 0.4) is 0 Å². The highest BCUT2D eigenvalue weighted by atomic mass is 79.9. The number of hydrogen-bond donors (Lipinski definition) is 2. The molecule has 0 aliphatic rings. The number of aryl methyl sites for hydroxylation is 1. The van der Waals surface area contributed by atoms with Gasteiger partial charge < -0.3 is 10.3 Å². The Bertz CT molecular complexity index is 565. The van der Waals surface area contributed by atoms with E-state index in [1.165, 1.54) is 0 Å². The van der Waals surface area contributed by atoms with Crippen LogP contribution in [0.5, 0.6) is 0 Å². The first-order chi connectivity index (χ1) is 8.06. The topological polar surface area (TPSA) is 44.9 Å². The van der Waals surface area contributed by atoms with Crippen LogP contribution in [-0.4, -0.2) is 10.9 Å². The summed E-state index contributed by atoms with van der Waals surface area (Å²) in [5.74, 6) is -0.199. The smallest absolute Gasteiger partial charge is 0.272 e. The van der Waals surface area contributed by atoms with Crippen LogP contribution >= 0.6 is 27.5 Å². The molecule has 0 unspecified atom stereocenters. The molecule has 1 heterocycles. The molecule has 0 aliphatic heterocycles. The van der Waals surface area contributed by atoms with Crippen molar-refractivity contribution in [2.75, 3.05) is 5.32 Å². The van der Waals surface area contributed by atoms with Crippen molar-refractivity contribution in [1.82, 2.24) is 4.98 Å².